The minimum atomic E-state index is 0. The highest BCUT2D eigenvalue weighted by Gasteiger charge is 2.19. The van der Waals surface area contributed by atoms with Crippen molar-refractivity contribution in [1.29, 1.82) is 0 Å². The van der Waals surface area contributed by atoms with Gasteiger partial charge in [-0.2, -0.15) is 0 Å². The Morgan fingerprint density at radius 3 is 2.83 bits per heavy atom. The van der Waals surface area contributed by atoms with Gasteiger partial charge in [-0.05, 0) is 37.0 Å². The molecular weight excluding hydrogens is 405 g/mol. The maximum absolute atomic E-state index is 9.92. The maximum atomic E-state index is 9.92. The van der Waals surface area contributed by atoms with Crippen LogP contribution in [-0.2, 0) is 6.54 Å². The van der Waals surface area contributed by atoms with Crippen molar-refractivity contribution in [1.82, 2.24) is 10.6 Å². The number of benzene rings is 1. The first kappa shape index (κ1) is 19.9. The zero-order valence-electron chi connectivity index (χ0n) is 14.1. The number of nitrogens with one attached hydrogen (secondary N) is 2. The van der Waals surface area contributed by atoms with Crippen molar-refractivity contribution >= 4 is 29.9 Å². The molecule has 0 amide bonds. The summed E-state index contributed by atoms with van der Waals surface area (Å²) < 4.78 is 5.19. The Kier molecular flexibility index (Phi) is 8.51. The molecule has 1 aromatic carbocycles. The highest BCUT2D eigenvalue weighted by Crippen LogP contribution is 2.24. The fourth-order valence-electron chi connectivity index (χ4n) is 2.96. The summed E-state index contributed by atoms with van der Waals surface area (Å²) in [6.07, 6.45) is 4.97. The third-order valence-electron chi connectivity index (χ3n) is 4.23. The maximum Gasteiger partial charge on any atom is 0.191 e. The average molecular weight is 433 g/mol. The van der Waals surface area contributed by atoms with Gasteiger partial charge in [0.05, 0.1) is 7.11 Å². The smallest absolute Gasteiger partial charge is 0.191 e. The van der Waals surface area contributed by atoms with Gasteiger partial charge in [0.2, 0.25) is 0 Å². The number of phenolic OH excluding ortho intramolecular Hbond substituents is 1. The van der Waals surface area contributed by atoms with Crippen molar-refractivity contribution in [2.75, 3.05) is 14.2 Å². The number of hydrogen-bond donors (Lipinski definition) is 3. The van der Waals surface area contributed by atoms with Gasteiger partial charge < -0.3 is 20.5 Å². The molecule has 130 valence electrons. The van der Waals surface area contributed by atoms with Gasteiger partial charge in [-0.1, -0.05) is 19.8 Å². The van der Waals surface area contributed by atoms with Gasteiger partial charge in [-0.15, -0.1) is 24.0 Å². The number of phenols is 1. The number of rotatable bonds is 4. The van der Waals surface area contributed by atoms with Crippen molar-refractivity contribution in [2.45, 2.75) is 45.2 Å². The molecule has 2 unspecified atom stereocenters. The molecule has 0 bridgehead atoms. The molecule has 1 saturated carbocycles. The van der Waals surface area contributed by atoms with Gasteiger partial charge in [0, 0.05) is 25.2 Å². The van der Waals surface area contributed by atoms with Gasteiger partial charge in [-0.25, -0.2) is 0 Å². The van der Waals surface area contributed by atoms with E-state index in [-0.39, 0.29) is 29.7 Å². The van der Waals surface area contributed by atoms with Crippen LogP contribution in [0.3, 0.4) is 0 Å². The molecular formula is C17H28IN3O2. The summed E-state index contributed by atoms with van der Waals surface area (Å²) >= 11 is 0. The summed E-state index contributed by atoms with van der Waals surface area (Å²) in [5.41, 5.74) is 0.791. The number of ether oxygens (including phenoxy) is 1. The van der Waals surface area contributed by atoms with Crippen LogP contribution >= 0.6 is 24.0 Å². The molecule has 23 heavy (non-hydrogen) atoms. The predicted octanol–water partition coefficient (Wildman–Crippen LogP) is 3.26. The van der Waals surface area contributed by atoms with Crippen LogP contribution in [0.25, 0.3) is 0 Å². The van der Waals surface area contributed by atoms with E-state index in [1.807, 2.05) is 6.07 Å². The number of aromatic hydroxyl groups is 1. The van der Waals surface area contributed by atoms with Gasteiger partial charge in [-0.3, -0.25) is 4.99 Å². The van der Waals surface area contributed by atoms with E-state index in [1.54, 1.807) is 26.3 Å². The molecule has 0 heterocycles. The lowest BCUT2D eigenvalue weighted by Crippen LogP contribution is -2.44. The van der Waals surface area contributed by atoms with Crippen molar-refractivity contribution in [2.24, 2.45) is 10.9 Å². The molecule has 5 nitrogen and oxygen atoms in total. The predicted molar refractivity (Wildman–Crippen MR) is 105 cm³/mol. The molecule has 1 aromatic rings. The quantitative estimate of drug-likeness (QED) is 0.388. The van der Waals surface area contributed by atoms with E-state index < -0.39 is 0 Å². The van der Waals surface area contributed by atoms with Crippen LogP contribution in [0.5, 0.6) is 11.5 Å². The molecule has 0 radical (unpaired) electrons. The lowest BCUT2D eigenvalue weighted by molar-refractivity contribution is 0.324. The van der Waals surface area contributed by atoms with E-state index in [9.17, 15) is 5.11 Å². The fraction of sp³-hybridized carbons (Fsp3) is 0.588. The Bertz CT molecular complexity index is 523. The minimum absolute atomic E-state index is 0. The number of methoxy groups -OCH3 is 1. The van der Waals surface area contributed by atoms with Gasteiger partial charge in [0.25, 0.3) is 0 Å². The topological polar surface area (TPSA) is 65.9 Å². The highest BCUT2D eigenvalue weighted by molar-refractivity contribution is 14.0. The number of guanidine groups is 1. The van der Waals surface area contributed by atoms with Crippen LogP contribution in [-0.4, -0.2) is 31.3 Å². The second-order valence-electron chi connectivity index (χ2n) is 6.03. The number of halogens is 1. The van der Waals surface area contributed by atoms with Crippen molar-refractivity contribution < 1.29 is 9.84 Å². The van der Waals surface area contributed by atoms with E-state index in [0.29, 0.717) is 12.6 Å². The first-order valence-corrected chi connectivity index (χ1v) is 7.95. The van der Waals surface area contributed by atoms with E-state index in [1.165, 1.54) is 25.7 Å². The summed E-state index contributed by atoms with van der Waals surface area (Å²) in [7, 11) is 3.39. The molecule has 1 aliphatic rings. The first-order valence-electron chi connectivity index (χ1n) is 7.95. The van der Waals surface area contributed by atoms with Gasteiger partial charge in [0.1, 0.15) is 11.5 Å². The molecule has 0 saturated heterocycles. The Balaban J connectivity index is 0.00000264. The Morgan fingerprint density at radius 1 is 1.39 bits per heavy atom. The Labute approximate surface area is 155 Å². The van der Waals surface area contributed by atoms with Crippen molar-refractivity contribution in [3.8, 4) is 11.5 Å². The van der Waals surface area contributed by atoms with Crippen LogP contribution in [0, 0.1) is 5.92 Å². The normalized spacial score (nSPS) is 21.3. The standard InChI is InChI=1S/C17H27N3O2.HI/c1-12-5-4-6-14(9-12)20-17(18-2)19-11-13-10-15(22-3)7-8-16(13)21;/h7-8,10,12,14,21H,4-6,9,11H2,1-3H3,(H2,18,19,20);1H. The van der Waals surface area contributed by atoms with Gasteiger partial charge in [0.15, 0.2) is 5.96 Å². The molecule has 0 aliphatic heterocycles. The number of hydrogen-bond acceptors (Lipinski definition) is 3. The van der Waals surface area contributed by atoms with Crippen LogP contribution in [0.1, 0.15) is 38.2 Å². The highest BCUT2D eigenvalue weighted by atomic mass is 127. The summed E-state index contributed by atoms with van der Waals surface area (Å²) in [6.45, 7) is 2.81. The van der Waals surface area contributed by atoms with Crippen LogP contribution < -0.4 is 15.4 Å². The number of aliphatic imine (C=N–C) groups is 1. The molecule has 2 atom stereocenters. The molecule has 2 rings (SSSR count). The lowest BCUT2D eigenvalue weighted by Gasteiger charge is -2.28. The first-order chi connectivity index (χ1) is 10.6. The van der Waals surface area contributed by atoms with Gasteiger partial charge >= 0.3 is 0 Å². The summed E-state index contributed by atoms with van der Waals surface area (Å²) in [5, 5.41) is 16.7. The van der Waals surface area contributed by atoms with E-state index in [4.69, 9.17) is 4.74 Å². The largest absolute Gasteiger partial charge is 0.508 e. The summed E-state index contributed by atoms with van der Waals surface area (Å²) in [6, 6.07) is 5.71. The lowest BCUT2D eigenvalue weighted by atomic mass is 9.87. The van der Waals surface area contributed by atoms with Crippen molar-refractivity contribution in [3.63, 3.8) is 0 Å². The monoisotopic (exact) mass is 433 g/mol. The van der Waals surface area contributed by atoms with Crippen LogP contribution in [0.2, 0.25) is 0 Å². The molecule has 3 N–H and O–H groups in total. The Morgan fingerprint density at radius 2 is 2.17 bits per heavy atom. The molecule has 0 aromatic heterocycles. The molecule has 1 aliphatic carbocycles. The molecule has 0 spiro atoms. The third kappa shape index (κ3) is 6.08. The molecule has 1 fully saturated rings. The summed E-state index contributed by atoms with van der Waals surface area (Å²) in [4.78, 5) is 4.28. The minimum Gasteiger partial charge on any atom is -0.508 e. The second kappa shape index (κ2) is 9.85. The van der Waals surface area contributed by atoms with E-state index in [2.05, 4.69) is 22.5 Å². The van der Waals surface area contributed by atoms with Crippen LogP contribution in [0.4, 0.5) is 0 Å². The SMILES string of the molecule is CN=C(NCc1cc(OC)ccc1O)NC1CCCC(C)C1.I. The average Bonchev–Trinajstić information content (AvgIpc) is 2.52. The third-order valence-corrected chi connectivity index (χ3v) is 4.23. The fourth-order valence-corrected chi connectivity index (χ4v) is 2.96. The van der Waals surface area contributed by atoms with Crippen molar-refractivity contribution in [3.05, 3.63) is 23.8 Å². The Hall–Kier alpha value is -1.18. The number of nitrogens with zero attached hydrogens (tertiary/aromatic N) is 1. The van der Waals surface area contributed by atoms with E-state index >= 15 is 0 Å². The second-order valence-corrected chi connectivity index (χ2v) is 6.03. The van der Waals surface area contributed by atoms with E-state index in [0.717, 1.165) is 23.2 Å². The zero-order chi connectivity index (χ0) is 15.9. The molecule has 6 heteroatoms. The summed E-state index contributed by atoms with van der Waals surface area (Å²) in [5.74, 6) is 2.54. The van der Waals surface area contributed by atoms with Crippen LogP contribution in [0.15, 0.2) is 23.2 Å². The zero-order valence-corrected chi connectivity index (χ0v) is 16.5.